The molecule has 2 aromatic rings. The van der Waals surface area contributed by atoms with Crippen LogP contribution in [-0.2, 0) is 16.6 Å². The highest BCUT2D eigenvalue weighted by Crippen LogP contribution is 2.36. The highest BCUT2D eigenvalue weighted by molar-refractivity contribution is 7.88. The molecule has 22 heavy (non-hydrogen) atoms. The highest BCUT2D eigenvalue weighted by atomic mass is 35.5. The zero-order valence-electron chi connectivity index (χ0n) is 12.5. The number of hydrogen-bond acceptors (Lipinski definition) is 4. The van der Waals surface area contributed by atoms with Gasteiger partial charge in [0.25, 0.3) is 0 Å². The van der Waals surface area contributed by atoms with E-state index in [1.54, 1.807) is 15.6 Å². The van der Waals surface area contributed by atoms with E-state index >= 15 is 0 Å². The van der Waals surface area contributed by atoms with Gasteiger partial charge >= 0.3 is 0 Å². The molecule has 4 nitrogen and oxygen atoms in total. The largest absolute Gasteiger partial charge is 0.297 e. The third-order valence-corrected chi connectivity index (χ3v) is 6.99. The van der Waals surface area contributed by atoms with Crippen molar-refractivity contribution < 1.29 is 8.42 Å². The number of halogens is 1. The van der Waals surface area contributed by atoms with Gasteiger partial charge in [-0.15, -0.1) is 11.3 Å². The fraction of sp³-hybridized carbons (Fsp3) is 0.467. The first-order valence-corrected chi connectivity index (χ1v) is 10.3. The molecule has 7 heteroatoms. The molecule has 0 N–H and O–H groups in total. The van der Waals surface area contributed by atoms with E-state index < -0.39 is 10.0 Å². The van der Waals surface area contributed by atoms with E-state index in [9.17, 15) is 8.42 Å². The van der Waals surface area contributed by atoms with Crippen molar-refractivity contribution in [2.75, 3.05) is 32.4 Å². The SMILES string of the molecule is CS(=O)(=O)N1CCCN(Cc2sc3ccccc3c2Cl)CC1. The number of benzene rings is 1. The van der Waals surface area contributed by atoms with Crippen LogP contribution in [0.5, 0.6) is 0 Å². The van der Waals surface area contributed by atoms with Crippen LogP contribution in [-0.4, -0.2) is 50.1 Å². The van der Waals surface area contributed by atoms with E-state index in [1.165, 1.54) is 11.0 Å². The quantitative estimate of drug-likeness (QED) is 0.846. The summed E-state index contributed by atoms with van der Waals surface area (Å²) in [5.41, 5.74) is 0. The fourth-order valence-corrected chi connectivity index (χ4v) is 5.22. The van der Waals surface area contributed by atoms with Gasteiger partial charge in [0.1, 0.15) is 0 Å². The van der Waals surface area contributed by atoms with Crippen molar-refractivity contribution >= 4 is 43.0 Å². The van der Waals surface area contributed by atoms with Crippen LogP contribution in [0.2, 0.25) is 5.02 Å². The summed E-state index contributed by atoms with van der Waals surface area (Å²) in [6, 6.07) is 8.16. The topological polar surface area (TPSA) is 40.6 Å². The molecular weight excluding hydrogens is 340 g/mol. The third kappa shape index (κ3) is 3.46. The molecule has 0 saturated carbocycles. The molecule has 0 spiro atoms. The molecule has 120 valence electrons. The maximum atomic E-state index is 11.7. The summed E-state index contributed by atoms with van der Waals surface area (Å²) in [5.74, 6) is 0. The average Bonchev–Trinajstić information content (AvgIpc) is 2.64. The average molecular weight is 359 g/mol. The van der Waals surface area contributed by atoms with Crippen molar-refractivity contribution in [3.05, 3.63) is 34.2 Å². The number of rotatable bonds is 3. The number of fused-ring (bicyclic) bond motifs is 1. The van der Waals surface area contributed by atoms with Gasteiger partial charge in [-0.1, -0.05) is 29.8 Å². The fourth-order valence-electron chi connectivity index (χ4n) is 2.81. The Balaban J connectivity index is 1.74. The Bertz CT molecular complexity index is 773. The normalized spacial score (nSPS) is 18.6. The molecule has 1 aliphatic rings. The lowest BCUT2D eigenvalue weighted by atomic mass is 10.2. The zero-order chi connectivity index (χ0) is 15.7. The van der Waals surface area contributed by atoms with Crippen LogP contribution >= 0.6 is 22.9 Å². The summed E-state index contributed by atoms with van der Waals surface area (Å²) in [6.07, 6.45) is 2.14. The molecule has 1 aromatic carbocycles. The summed E-state index contributed by atoms with van der Waals surface area (Å²) in [7, 11) is -3.09. The van der Waals surface area contributed by atoms with Crippen LogP contribution in [0.25, 0.3) is 10.1 Å². The van der Waals surface area contributed by atoms with E-state index in [0.717, 1.165) is 41.3 Å². The summed E-state index contributed by atoms with van der Waals surface area (Å²) in [4.78, 5) is 3.46. The van der Waals surface area contributed by atoms with Gasteiger partial charge in [0.2, 0.25) is 10.0 Å². The first-order valence-electron chi connectivity index (χ1n) is 7.28. The van der Waals surface area contributed by atoms with Crippen LogP contribution in [0, 0.1) is 0 Å². The summed E-state index contributed by atoms with van der Waals surface area (Å²) in [5, 5.41) is 1.95. The maximum absolute atomic E-state index is 11.7. The number of sulfonamides is 1. The van der Waals surface area contributed by atoms with Crippen molar-refractivity contribution in [1.29, 1.82) is 0 Å². The summed E-state index contributed by atoms with van der Waals surface area (Å²) in [6.45, 7) is 3.60. The van der Waals surface area contributed by atoms with Crippen molar-refractivity contribution in [1.82, 2.24) is 9.21 Å². The van der Waals surface area contributed by atoms with E-state index in [4.69, 9.17) is 11.6 Å². The van der Waals surface area contributed by atoms with E-state index in [-0.39, 0.29) is 0 Å². The molecule has 0 atom stereocenters. The van der Waals surface area contributed by atoms with Gasteiger partial charge in [-0.2, -0.15) is 0 Å². The van der Waals surface area contributed by atoms with Gasteiger partial charge in [0, 0.05) is 41.1 Å². The van der Waals surface area contributed by atoms with Crippen molar-refractivity contribution in [3.8, 4) is 0 Å². The van der Waals surface area contributed by atoms with E-state index in [0.29, 0.717) is 13.1 Å². The molecule has 0 amide bonds. The predicted molar refractivity (Wildman–Crippen MR) is 93.1 cm³/mol. The lowest BCUT2D eigenvalue weighted by molar-refractivity contribution is 0.281. The number of thiophene rings is 1. The van der Waals surface area contributed by atoms with Crippen LogP contribution < -0.4 is 0 Å². The molecule has 1 aliphatic heterocycles. The number of hydrogen-bond donors (Lipinski definition) is 0. The molecule has 1 saturated heterocycles. The van der Waals surface area contributed by atoms with Crippen LogP contribution in [0.3, 0.4) is 0 Å². The Hall–Kier alpha value is -0.660. The smallest absolute Gasteiger partial charge is 0.211 e. The van der Waals surface area contributed by atoms with Gasteiger partial charge < -0.3 is 0 Å². The first kappa shape index (κ1) is 16.2. The monoisotopic (exact) mass is 358 g/mol. The van der Waals surface area contributed by atoms with Gasteiger partial charge in [-0.3, -0.25) is 4.90 Å². The second-order valence-electron chi connectivity index (χ2n) is 5.63. The Morgan fingerprint density at radius 1 is 1.18 bits per heavy atom. The zero-order valence-corrected chi connectivity index (χ0v) is 14.8. The van der Waals surface area contributed by atoms with Crippen molar-refractivity contribution in [2.24, 2.45) is 0 Å². The molecule has 1 aromatic heterocycles. The van der Waals surface area contributed by atoms with Gasteiger partial charge in [0.15, 0.2) is 0 Å². The van der Waals surface area contributed by atoms with Crippen molar-refractivity contribution in [3.63, 3.8) is 0 Å². The first-order chi connectivity index (χ1) is 10.4. The van der Waals surface area contributed by atoms with Crippen LogP contribution in [0.15, 0.2) is 24.3 Å². The minimum atomic E-state index is -3.09. The Morgan fingerprint density at radius 2 is 1.95 bits per heavy atom. The maximum Gasteiger partial charge on any atom is 0.211 e. The molecule has 0 aliphatic carbocycles. The van der Waals surface area contributed by atoms with Gasteiger partial charge in [-0.25, -0.2) is 12.7 Å². The lowest BCUT2D eigenvalue weighted by Gasteiger charge is -2.20. The number of nitrogens with zero attached hydrogens (tertiary/aromatic N) is 2. The lowest BCUT2D eigenvalue weighted by Crippen LogP contribution is -2.34. The molecule has 0 unspecified atom stereocenters. The van der Waals surface area contributed by atoms with Crippen molar-refractivity contribution in [2.45, 2.75) is 13.0 Å². The second-order valence-corrected chi connectivity index (χ2v) is 9.12. The summed E-state index contributed by atoms with van der Waals surface area (Å²) >= 11 is 8.22. The van der Waals surface area contributed by atoms with E-state index in [2.05, 4.69) is 11.0 Å². The molecular formula is C15H19ClN2O2S2. The Labute approximate surface area is 140 Å². The minimum Gasteiger partial charge on any atom is -0.297 e. The molecule has 0 radical (unpaired) electrons. The Kier molecular flexibility index (Phi) is 4.75. The minimum absolute atomic E-state index is 0.557. The Morgan fingerprint density at radius 3 is 2.68 bits per heavy atom. The molecule has 0 bridgehead atoms. The molecule has 2 heterocycles. The summed E-state index contributed by atoms with van der Waals surface area (Å²) < 4.78 is 26.1. The molecule has 1 fully saturated rings. The van der Waals surface area contributed by atoms with Crippen LogP contribution in [0.1, 0.15) is 11.3 Å². The third-order valence-electron chi connectivity index (χ3n) is 3.99. The van der Waals surface area contributed by atoms with E-state index in [1.807, 2.05) is 18.2 Å². The van der Waals surface area contributed by atoms with Crippen LogP contribution in [0.4, 0.5) is 0 Å². The van der Waals surface area contributed by atoms with Gasteiger partial charge in [-0.05, 0) is 19.0 Å². The highest BCUT2D eigenvalue weighted by Gasteiger charge is 2.22. The predicted octanol–water partition coefficient (Wildman–Crippen LogP) is 3.02. The molecule has 3 rings (SSSR count). The second kappa shape index (κ2) is 6.45. The van der Waals surface area contributed by atoms with Gasteiger partial charge in [0.05, 0.1) is 11.3 Å². The standard InChI is InChI=1S/C15H19ClN2O2S2/c1-22(19,20)18-8-4-7-17(9-10-18)11-14-15(16)12-5-2-3-6-13(12)21-14/h2-3,5-6H,4,7-11H2,1H3.